The van der Waals surface area contributed by atoms with Crippen LogP contribution in [0.25, 0.3) is 0 Å². The van der Waals surface area contributed by atoms with Crippen LogP contribution in [0.5, 0.6) is 0 Å². The van der Waals surface area contributed by atoms with E-state index in [0.717, 1.165) is 36.6 Å². The summed E-state index contributed by atoms with van der Waals surface area (Å²) in [4.78, 5) is 0. The predicted molar refractivity (Wildman–Crippen MR) is 64.1 cm³/mol. The molecule has 1 unspecified atom stereocenters. The first-order valence-electron chi connectivity index (χ1n) is 5.33. The van der Waals surface area contributed by atoms with Gasteiger partial charge in [0.25, 0.3) is 0 Å². The summed E-state index contributed by atoms with van der Waals surface area (Å²) < 4.78 is 5.39. The second kappa shape index (κ2) is 6.83. The van der Waals surface area contributed by atoms with Crippen molar-refractivity contribution in [2.24, 2.45) is 5.73 Å². The number of hydrogen-bond acceptors (Lipinski definition) is 2. The lowest BCUT2D eigenvalue weighted by atomic mass is 10.1. The molecular formula is C12H18ClNO. The smallest absolute Gasteiger partial charge is 0.0484 e. The van der Waals surface area contributed by atoms with Gasteiger partial charge in [-0.25, -0.2) is 0 Å². The van der Waals surface area contributed by atoms with E-state index in [-0.39, 0.29) is 6.04 Å². The molecule has 0 saturated carbocycles. The minimum Gasteiger partial charge on any atom is -0.381 e. The highest BCUT2D eigenvalue weighted by Gasteiger charge is 2.05. The molecule has 3 heteroatoms. The van der Waals surface area contributed by atoms with Crippen LogP contribution in [0.3, 0.4) is 0 Å². The molecule has 1 rings (SSSR count). The fourth-order valence-corrected chi connectivity index (χ4v) is 1.46. The Bertz CT molecular complexity index is 273. The van der Waals surface area contributed by atoms with E-state index in [2.05, 4.69) is 6.92 Å². The number of halogens is 1. The monoisotopic (exact) mass is 227 g/mol. The Hall–Kier alpha value is -0.570. The third-order valence-electron chi connectivity index (χ3n) is 2.22. The largest absolute Gasteiger partial charge is 0.381 e. The van der Waals surface area contributed by atoms with Crippen LogP contribution < -0.4 is 5.73 Å². The molecule has 0 spiro atoms. The summed E-state index contributed by atoms with van der Waals surface area (Å²) in [7, 11) is 0. The van der Waals surface area contributed by atoms with Gasteiger partial charge in [-0.05, 0) is 30.5 Å². The molecule has 1 aromatic carbocycles. The van der Waals surface area contributed by atoms with Crippen molar-refractivity contribution in [1.82, 2.24) is 0 Å². The average molecular weight is 228 g/mol. The van der Waals surface area contributed by atoms with Crippen LogP contribution in [0.2, 0.25) is 5.02 Å². The molecule has 0 fully saturated rings. The summed E-state index contributed by atoms with van der Waals surface area (Å²) >= 11 is 5.80. The van der Waals surface area contributed by atoms with Gasteiger partial charge in [-0.15, -0.1) is 0 Å². The zero-order valence-electron chi connectivity index (χ0n) is 9.08. The maximum absolute atomic E-state index is 6.00. The molecule has 0 aliphatic rings. The molecule has 0 bridgehead atoms. The van der Waals surface area contributed by atoms with Crippen molar-refractivity contribution in [3.05, 3.63) is 34.9 Å². The lowest BCUT2D eigenvalue weighted by Gasteiger charge is -2.12. The molecule has 15 heavy (non-hydrogen) atoms. The molecule has 0 aliphatic heterocycles. The van der Waals surface area contributed by atoms with Gasteiger partial charge in [0.15, 0.2) is 0 Å². The highest BCUT2D eigenvalue weighted by atomic mass is 35.5. The highest BCUT2D eigenvalue weighted by molar-refractivity contribution is 6.30. The molecule has 0 heterocycles. The van der Waals surface area contributed by atoms with Crippen LogP contribution in [0.15, 0.2) is 24.3 Å². The Morgan fingerprint density at radius 1 is 1.27 bits per heavy atom. The van der Waals surface area contributed by atoms with Crippen LogP contribution in [0.4, 0.5) is 0 Å². The molecule has 0 aliphatic carbocycles. The number of nitrogens with two attached hydrogens (primary N) is 1. The van der Waals surface area contributed by atoms with E-state index >= 15 is 0 Å². The van der Waals surface area contributed by atoms with Crippen LogP contribution >= 0.6 is 11.6 Å². The van der Waals surface area contributed by atoms with E-state index < -0.39 is 0 Å². The van der Waals surface area contributed by atoms with Gasteiger partial charge in [0, 0.05) is 24.3 Å². The first kappa shape index (κ1) is 12.5. The van der Waals surface area contributed by atoms with Gasteiger partial charge in [0.2, 0.25) is 0 Å². The second-order valence-electron chi connectivity index (χ2n) is 3.56. The molecule has 1 atom stereocenters. The molecule has 0 radical (unpaired) electrons. The third kappa shape index (κ3) is 4.65. The van der Waals surface area contributed by atoms with Gasteiger partial charge < -0.3 is 10.5 Å². The van der Waals surface area contributed by atoms with E-state index in [4.69, 9.17) is 22.1 Å². The average Bonchev–Trinajstić information content (AvgIpc) is 2.25. The lowest BCUT2D eigenvalue weighted by molar-refractivity contribution is 0.128. The Morgan fingerprint density at radius 2 is 1.93 bits per heavy atom. The molecule has 0 saturated heterocycles. The Labute approximate surface area is 96.4 Å². The van der Waals surface area contributed by atoms with Gasteiger partial charge in [0.05, 0.1) is 0 Å². The predicted octanol–water partition coefficient (Wildman–Crippen LogP) is 3.16. The molecule has 0 amide bonds. The zero-order chi connectivity index (χ0) is 11.1. The summed E-state index contributed by atoms with van der Waals surface area (Å²) in [5, 5.41) is 0.744. The standard InChI is InChI=1S/C12H18ClNO/c1-2-8-15-9-7-12(14)10-3-5-11(13)6-4-10/h3-6,12H,2,7-9,14H2,1H3. The van der Waals surface area contributed by atoms with E-state index in [1.165, 1.54) is 0 Å². The minimum absolute atomic E-state index is 0.0409. The van der Waals surface area contributed by atoms with E-state index in [0.29, 0.717) is 0 Å². The van der Waals surface area contributed by atoms with Crippen molar-refractivity contribution in [1.29, 1.82) is 0 Å². The van der Waals surface area contributed by atoms with Crippen molar-refractivity contribution >= 4 is 11.6 Å². The molecular weight excluding hydrogens is 210 g/mol. The molecule has 84 valence electrons. The molecule has 1 aromatic rings. The van der Waals surface area contributed by atoms with Gasteiger partial charge in [0.1, 0.15) is 0 Å². The molecule has 2 N–H and O–H groups in total. The van der Waals surface area contributed by atoms with E-state index in [1.807, 2.05) is 24.3 Å². The fraction of sp³-hybridized carbons (Fsp3) is 0.500. The Balaban J connectivity index is 2.33. The molecule has 0 aromatic heterocycles. The normalized spacial score (nSPS) is 12.7. The minimum atomic E-state index is 0.0409. The highest BCUT2D eigenvalue weighted by Crippen LogP contribution is 2.17. The third-order valence-corrected chi connectivity index (χ3v) is 2.47. The SMILES string of the molecule is CCCOCCC(N)c1ccc(Cl)cc1. The van der Waals surface area contributed by atoms with Crippen LogP contribution in [-0.2, 0) is 4.74 Å². The molecule has 2 nitrogen and oxygen atoms in total. The first-order chi connectivity index (χ1) is 7.24. The topological polar surface area (TPSA) is 35.2 Å². The van der Waals surface area contributed by atoms with Crippen molar-refractivity contribution < 1.29 is 4.74 Å². The maximum atomic E-state index is 6.00. The number of ether oxygens (including phenoxy) is 1. The van der Waals surface area contributed by atoms with Gasteiger partial charge in [-0.1, -0.05) is 30.7 Å². The Morgan fingerprint density at radius 3 is 2.53 bits per heavy atom. The van der Waals surface area contributed by atoms with Gasteiger partial charge >= 0.3 is 0 Å². The number of benzene rings is 1. The number of rotatable bonds is 6. The van der Waals surface area contributed by atoms with E-state index in [1.54, 1.807) is 0 Å². The first-order valence-corrected chi connectivity index (χ1v) is 5.70. The quantitative estimate of drug-likeness (QED) is 0.758. The summed E-state index contributed by atoms with van der Waals surface area (Å²) in [5.41, 5.74) is 7.11. The second-order valence-corrected chi connectivity index (χ2v) is 4.00. The Kier molecular flexibility index (Phi) is 5.69. The fourth-order valence-electron chi connectivity index (χ4n) is 1.33. The van der Waals surface area contributed by atoms with Crippen molar-refractivity contribution in [2.45, 2.75) is 25.8 Å². The lowest BCUT2D eigenvalue weighted by Crippen LogP contribution is -2.13. The van der Waals surface area contributed by atoms with Crippen LogP contribution in [-0.4, -0.2) is 13.2 Å². The summed E-state index contributed by atoms with van der Waals surface area (Å²) in [6.07, 6.45) is 1.90. The zero-order valence-corrected chi connectivity index (χ0v) is 9.83. The van der Waals surface area contributed by atoms with Crippen molar-refractivity contribution in [3.8, 4) is 0 Å². The van der Waals surface area contributed by atoms with Crippen molar-refractivity contribution in [2.75, 3.05) is 13.2 Å². The summed E-state index contributed by atoms with van der Waals surface area (Å²) in [6.45, 7) is 3.63. The van der Waals surface area contributed by atoms with Crippen molar-refractivity contribution in [3.63, 3.8) is 0 Å². The summed E-state index contributed by atoms with van der Waals surface area (Å²) in [5.74, 6) is 0. The van der Waals surface area contributed by atoms with Gasteiger partial charge in [-0.2, -0.15) is 0 Å². The van der Waals surface area contributed by atoms with E-state index in [9.17, 15) is 0 Å². The van der Waals surface area contributed by atoms with Crippen LogP contribution in [0, 0.1) is 0 Å². The van der Waals surface area contributed by atoms with Crippen LogP contribution in [0.1, 0.15) is 31.4 Å². The van der Waals surface area contributed by atoms with Gasteiger partial charge in [-0.3, -0.25) is 0 Å². The summed E-state index contributed by atoms with van der Waals surface area (Å²) in [6, 6.07) is 7.70. The number of hydrogen-bond donors (Lipinski definition) is 1. The maximum Gasteiger partial charge on any atom is 0.0484 e.